The van der Waals surface area contributed by atoms with Gasteiger partial charge in [-0.2, -0.15) is 5.10 Å². The van der Waals surface area contributed by atoms with Gasteiger partial charge in [0.25, 0.3) is 5.91 Å². The Kier molecular flexibility index (Phi) is 5.33. The van der Waals surface area contributed by atoms with Crippen molar-refractivity contribution in [1.82, 2.24) is 25.1 Å². The van der Waals surface area contributed by atoms with Gasteiger partial charge in [-0.3, -0.25) is 9.48 Å². The summed E-state index contributed by atoms with van der Waals surface area (Å²) in [6, 6.07) is 1.58. The van der Waals surface area contributed by atoms with Crippen LogP contribution in [0.15, 0.2) is 24.7 Å². The SMILES string of the molecule is CCn1cc([C@H]2OCCC[C@@H]2NC(=O)c2ccnc(N3CCCC3)n2)cn1. The summed E-state index contributed by atoms with van der Waals surface area (Å²) in [7, 11) is 0. The topological polar surface area (TPSA) is 85.2 Å². The monoisotopic (exact) mass is 370 g/mol. The maximum atomic E-state index is 12.8. The molecule has 2 atom stereocenters. The van der Waals surface area contributed by atoms with E-state index in [0.717, 1.165) is 50.9 Å². The van der Waals surface area contributed by atoms with E-state index in [0.29, 0.717) is 18.2 Å². The van der Waals surface area contributed by atoms with E-state index >= 15 is 0 Å². The molecule has 2 aromatic rings. The van der Waals surface area contributed by atoms with E-state index in [9.17, 15) is 4.79 Å². The van der Waals surface area contributed by atoms with E-state index in [1.165, 1.54) is 0 Å². The Hall–Kier alpha value is -2.48. The number of nitrogens with one attached hydrogen (secondary N) is 1. The summed E-state index contributed by atoms with van der Waals surface area (Å²) in [6.07, 6.45) is 9.39. The fourth-order valence-corrected chi connectivity index (χ4v) is 3.74. The van der Waals surface area contributed by atoms with Crippen LogP contribution in [0.5, 0.6) is 0 Å². The number of aryl methyl sites for hydroxylation is 1. The van der Waals surface area contributed by atoms with Gasteiger partial charge in [0.05, 0.1) is 12.2 Å². The number of hydrogen-bond acceptors (Lipinski definition) is 6. The van der Waals surface area contributed by atoms with Crippen LogP contribution in [-0.2, 0) is 11.3 Å². The molecule has 0 saturated carbocycles. The minimum absolute atomic E-state index is 0.0917. The molecule has 1 amide bonds. The third-order valence-corrected chi connectivity index (χ3v) is 5.21. The summed E-state index contributed by atoms with van der Waals surface area (Å²) in [5, 5.41) is 7.45. The summed E-state index contributed by atoms with van der Waals surface area (Å²) in [4.78, 5) is 23.8. The first-order valence-electron chi connectivity index (χ1n) is 9.77. The zero-order valence-corrected chi connectivity index (χ0v) is 15.7. The van der Waals surface area contributed by atoms with Crippen LogP contribution in [0.1, 0.15) is 54.8 Å². The molecule has 0 spiro atoms. The van der Waals surface area contributed by atoms with E-state index in [4.69, 9.17) is 4.74 Å². The summed E-state index contributed by atoms with van der Waals surface area (Å²) < 4.78 is 7.84. The number of amides is 1. The Morgan fingerprint density at radius 2 is 2.19 bits per heavy atom. The Morgan fingerprint density at radius 3 is 2.96 bits per heavy atom. The van der Waals surface area contributed by atoms with Crippen molar-refractivity contribution in [3.05, 3.63) is 35.9 Å². The molecule has 8 nitrogen and oxygen atoms in total. The molecule has 2 aromatic heterocycles. The second kappa shape index (κ2) is 8.04. The molecule has 0 radical (unpaired) electrons. The van der Waals surface area contributed by atoms with Gasteiger partial charge in [0, 0.05) is 44.2 Å². The van der Waals surface area contributed by atoms with E-state index in [1.54, 1.807) is 12.3 Å². The van der Waals surface area contributed by atoms with Crippen molar-refractivity contribution in [3.8, 4) is 0 Å². The summed E-state index contributed by atoms with van der Waals surface area (Å²) in [5.74, 6) is 0.460. The Labute approximate surface area is 158 Å². The zero-order chi connectivity index (χ0) is 18.6. The molecule has 8 heteroatoms. The van der Waals surface area contributed by atoms with Crippen LogP contribution < -0.4 is 10.2 Å². The Bertz CT molecular complexity index is 786. The van der Waals surface area contributed by atoms with Crippen LogP contribution >= 0.6 is 0 Å². The highest BCUT2D eigenvalue weighted by molar-refractivity contribution is 5.92. The van der Waals surface area contributed by atoms with Gasteiger partial charge in [0.15, 0.2) is 0 Å². The molecule has 2 fully saturated rings. The van der Waals surface area contributed by atoms with Crippen molar-refractivity contribution in [1.29, 1.82) is 0 Å². The Balaban J connectivity index is 1.48. The molecule has 1 N–H and O–H groups in total. The molecule has 0 aromatic carbocycles. The average Bonchev–Trinajstić information content (AvgIpc) is 3.40. The molecule has 144 valence electrons. The van der Waals surface area contributed by atoms with E-state index in [1.807, 2.05) is 24.0 Å². The van der Waals surface area contributed by atoms with Gasteiger partial charge in [0.2, 0.25) is 5.95 Å². The first kappa shape index (κ1) is 17.9. The first-order chi connectivity index (χ1) is 13.2. The first-order valence-corrected chi connectivity index (χ1v) is 9.77. The quantitative estimate of drug-likeness (QED) is 0.866. The van der Waals surface area contributed by atoms with E-state index in [2.05, 4.69) is 25.3 Å². The van der Waals surface area contributed by atoms with E-state index < -0.39 is 0 Å². The maximum Gasteiger partial charge on any atom is 0.270 e. The predicted octanol–water partition coefficient (Wildman–Crippen LogP) is 1.94. The molecule has 4 rings (SSSR count). The van der Waals surface area contributed by atoms with Crippen LogP contribution in [0, 0.1) is 0 Å². The highest BCUT2D eigenvalue weighted by Gasteiger charge is 2.30. The number of ether oxygens (including phenoxy) is 1. The molecule has 0 bridgehead atoms. The molecular formula is C19H26N6O2. The number of carbonyl (C=O) groups is 1. The van der Waals surface area contributed by atoms with Crippen molar-refractivity contribution in [2.24, 2.45) is 0 Å². The largest absolute Gasteiger partial charge is 0.371 e. The number of nitrogens with zero attached hydrogens (tertiary/aromatic N) is 5. The fraction of sp³-hybridized carbons (Fsp3) is 0.579. The zero-order valence-electron chi connectivity index (χ0n) is 15.7. The normalized spacial score (nSPS) is 22.8. The third-order valence-electron chi connectivity index (χ3n) is 5.21. The van der Waals surface area contributed by atoms with Crippen molar-refractivity contribution in [2.45, 2.75) is 51.3 Å². The van der Waals surface area contributed by atoms with Crippen LogP contribution in [0.4, 0.5) is 5.95 Å². The van der Waals surface area contributed by atoms with Gasteiger partial charge in [-0.1, -0.05) is 0 Å². The number of rotatable bonds is 5. The van der Waals surface area contributed by atoms with Crippen LogP contribution in [0.25, 0.3) is 0 Å². The third kappa shape index (κ3) is 3.95. The fourth-order valence-electron chi connectivity index (χ4n) is 3.74. The second-order valence-electron chi connectivity index (χ2n) is 7.08. The molecule has 2 aliphatic rings. The van der Waals surface area contributed by atoms with Gasteiger partial charge in [-0.05, 0) is 38.7 Å². The standard InChI is InChI=1S/C19H26N6O2/c1-2-25-13-14(12-21-25)17-15(6-5-11-27-17)22-18(26)16-7-8-20-19(23-16)24-9-3-4-10-24/h7-8,12-13,15,17H,2-6,9-11H2,1H3,(H,22,26)/t15-,17+/m0/s1. The number of hydrogen-bond donors (Lipinski definition) is 1. The van der Waals surface area contributed by atoms with Crippen molar-refractivity contribution < 1.29 is 9.53 Å². The lowest BCUT2D eigenvalue weighted by Crippen LogP contribution is -2.43. The Morgan fingerprint density at radius 1 is 1.33 bits per heavy atom. The summed E-state index contributed by atoms with van der Waals surface area (Å²) in [5.41, 5.74) is 1.41. The van der Waals surface area contributed by atoms with Gasteiger partial charge in [0.1, 0.15) is 11.8 Å². The van der Waals surface area contributed by atoms with Crippen LogP contribution in [-0.4, -0.2) is 51.4 Å². The second-order valence-corrected chi connectivity index (χ2v) is 7.08. The van der Waals surface area contributed by atoms with Gasteiger partial charge < -0.3 is 15.0 Å². The van der Waals surface area contributed by atoms with Gasteiger partial charge in [-0.25, -0.2) is 9.97 Å². The molecule has 2 saturated heterocycles. The summed E-state index contributed by atoms with van der Waals surface area (Å²) >= 11 is 0. The lowest BCUT2D eigenvalue weighted by Gasteiger charge is -2.31. The van der Waals surface area contributed by atoms with Crippen LogP contribution in [0.3, 0.4) is 0 Å². The van der Waals surface area contributed by atoms with Crippen LogP contribution in [0.2, 0.25) is 0 Å². The lowest BCUT2D eigenvalue weighted by atomic mass is 9.98. The van der Waals surface area contributed by atoms with E-state index in [-0.39, 0.29) is 18.1 Å². The van der Waals surface area contributed by atoms with Crippen molar-refractivity contribution in [2.75, 3.05) is 24.6 Å². The molecule has 4 heterocycles. The molecule has 0 unspecified atom stereocenters. The van der Waals surface area contributed by atoms with Crippen molar-refractivity contribution in [3.63, 3.8) is 0 Å². The minimum Gasteiger partial charge on any atom is -0.371 e. The lowest BCUT2D eigenvalue weighted by molar-refractivity contribution is -0.00956. The summed E-state index contributed by atoms with van der Waals surface area (Å²) in [6.45, 7) is 5.45. The molecule has 0 aliphatic carbocycles. The minimum atomic E-state index is -0.179. The van der Waals surface area contributed by atoms with Crippen molar-refractivity contribution >= 4 is 11.9 Å². The highest BCUT2D eigenvalue weighted by Crippen LogP contribution is 2.28. The van der Waals surface area contributed by atoms with Gasteiger partial charge >= 0.3 is 0 Å². The number of carbonyl (C=O) groups excluding carboxylic acids is 1. The molecule has 27 heavy (non-hydrogen) atoms. The maximum absolute atomic E-state index is 12.8. The molecular weight excluding hydrogens is 344 g/mol. The number of aromatic nitrogens is 4. The average molecular weight is 370 g/mol. The predicted molar refractivity (Wildman–Crippen MR) is 101 cm³/mol. The molecule has 2 aliphatic heterocycles. The number of anilines is 1. The smallest absolute Gasteiger partial charge is 0.270 e. The van der Waals surface area contributed by atoms with Gasteiger partial charge in [-0.15, -0.1) is 0 Å². The highest BCUT2D eigenvalue weighted by atomic mass is 16.5.